The van der Waals surface area contributed by atoms with Crippen molar-refractivity contribution in [2.75, 3.05) is 13.2 Å². The maximum absolute atomic E-state index is 14.1. The molecule has 0 heterocycles. The normalized spacial score (nSPS) is 14.2. The van der Waals surface area contributed by atoms with Crippen LogP contribution < -0.4 is 14.8 Å². The Kier molecular flexibility index (Phi) is 12.1. The maximum Gasteiger partial charge on any atom is 0.243 e. The van der Waals surface area contributed by atoms with Crippen LogP contribution in [0.25, 0.3) is 0 Å². The van der Waals surface area contributed by atoms with E-state index in [0.29, 0.717) is 49.1 Å². The van der Waals surface area contributed by atoms with Crippen LogP contribution in [0.3, 0.4) is 0 Å². The van der Waals surface area contributed by atoms with Gasteiger partial charge in [0.2, 0.25) is 11.8 Å². The first kappa shape index (κ1) is 31.4. The van der Waals surface area contributed by atoms with E-state index < -0.39 is 6.04 Å². The van der Waals surface area contributed by atoms with Gasteiger partial charge in [0.1, 0.15) is 6.04 Å². The third-order valence-electron chi connectivity index (χ3n) is 7.70. The fourth-order valence-corrected chi connectivity index (χ4v) is 5.79. The SMILES string of the molecule is CCOc1ccc(CCC(=O)N(Cc2cccc(Cl)c2)[C@@H](Cc2ccccc2)C(=O)NC2CCCCC2)cc1OCC. The Labute approximate surface area is 255 Å². The van der Waals surface area contributed by atoms with E-state index in [1.54, 1.807) is 4.90 Å². The van der Waals surface area contributed by atoms with Crippen LogP contribution in [0.5, 0.6) is 11.5 Å². The smallest absolute Gasteiger partial charge is 0.243 e. The van der Waals surface area contributed by atoms with Crippen LogP contribution >= 0.6 is 11.6 Å². The summed E-state index contributed by atoms with van der Waals surface area (Å²) in [6.07, 6.45) is 6.59. The molecular formula is C35H43ClN2O4. The van der Waals surface area contributed by atoms with Gasteiger partial charge < -0.3 is 19.7 Å². The van der Waals surface area contributed by atoms with Crippen LogP contribution in [0.4, 0.5) is 0 Å². The van der Waals surface area contributed by atoms with Crippen LogP contribution in [0, 0.1) is 0 Å². The van der Waals surface area contributed by atoms with Crippen molar-refractivity contribution in [2.24, 2.45) is 0 Å². The molecule has 2 amide bonds. The Morgan fingerprint density at radius 3 is 2.29 bits per heavy atom. The quantitative estimate of drug-likeness (QED) is 0.216. The lowest BCUT2D eigenvalue weighted by molar-refractivity contribution is -0.141. The predicted molar refractivity (Wildman–Crippen MR) is 168 cm³/mol. The number of halogens is 1. The highest BCUT2D eigenvalue weighted by atomic mass is 35.5. The van der Waals surface area contributed by atoms with Crippen molar-refractivity contribution in [2.45, 2.75) is 83.8 Å². The highest BCUT2D eigenvalue weighted by Gasteiger charge is 2.31. The summed E-state index contributed by atoms with van der Waals surface area (Å²) < 4.78 is 11.5. The minimum Gasteiger partial charge on any atom is -0.490 e. The molecule has 0 bridgehead atoms. The number of hydrogen-bond acceptors (Lipinski definition) is 4. The van der Waals surface area contributed by atoms with Crippen LogP contribution in [0.1, 0.15) is 69.1 Å². The highest BCUT2D eigenvalue weighted by Crippen LogP contribution is 2.29. The van der Waals surface area contributed by atoms with Gasteiger partial charge in [-0.05, 0) is 74.1 Å². The number of amides is 2. The van der Waals surface area contributed by atoms with Gasteiger partial charge in [-0.15, -0.1) is 0 Å². The first-order valence-corrected chi connectivity index (χ1v) is 15.6. The number of nitrogens with zero attached hydrogens (tertiary/aromatic N) is 1. The first-order chi connectivity index (χ1) is 20.5. The number of benzene rings is 3. The number of nitrogens with one attached hydrogen (secondary N) is 1. The summed E-state index contributed by atoms with van der Waals surface area (Å²) in [4.78, 5) is 29.8. The van der Waals surface area contributed by atoms with Crippen molar-refractivity contribution in [1.29, 1.82) is 0 Å². The highest BCUT2D eigenvalue weighted by molar-refractivity contribution is 6.30. The minimum absolute atomic E-state index is 0.0819. The van der Waals surface area contributed by atoms with Crippen LogP contribution in [0.2, 0.25) is 5.02 Å². The van der Waals surface area contributed by atoms with Crippen LogP contribution in [-0.4, -0.2) is 42.0 Å². The molecule has 0 unspecified atom stereocenters. The van der Waals surface area contributed by atoms with E-state index >= 15 is 0 Å². The molecule has 0 aliphatic heterocycles. The summed E-state index contributed by atoms with van der Waals surface area (Å²) in [6, 6.07) is 22.7. The Morgan fingerprint density at radius 1 is 0.857 bits per heavy atom. The van der Waals surface area contributed by atoms with Gasteiger partial charge in [0.25, 0.3) is 0 Å². The van der Waals surface area contributed by atoms with Gasteiger partial charge in [-0.2, -0.15) is 0 Å². The number of ether oxygens (including phenoxy) is 2. The summed E-state index contributed by atoms with van der Waals surface area (Å²) in [6.45, 7) is 5.23. The van der Waals surface area contributed by atoms with Gasteiger partial charge >= 0.3 is 0 Å². The van der Waals surface area contributed by atoms with E-state index in [-0.39, 0.29) is 24.3 Å². The standard InChI is InChI=1S/C35H43ClN2O4/c1-3-41-32-20-18-27(24-33(32)42-4-2)19-21-34(39)38(25-28-14-11-15-29(36)22-28)31(23-26-12-7-5-8-13-26)35(40)37-30-16-9-6-10-17-30/h5,7-8,11-15,18,20,22,24,30-31H,3-4,6,9-10,16-17,19,21,23,25H2,1-2H3,(H,37,40)/t31-/m0/s1. The van der Waals surface area contributed by atoms with Crippen molar-refractivity contribution in [3.63, 3.8) is 0 Å². The number of rotatable bonds is 14. The lowest BCUT2D eigenvalue weighted by Gasteiger charge is -2.33. The number of carbonyl (C=O) groups is 2. The van der Waals surface area contributed by atoms with Gasteiger partial charge in [-0.25, -0.2) is 0 Å². The molecule has 0 aromatic heterocycles. The number of aryl methyl sites for hydroxylation is 1. The molecule has 7 heteroatoms. The summed E-state index contributed by atoms with van der Waals surface area (Å²) in [5.41, 5.74) is 2.88. The monoisotopic (exact) mass is 590 g/mol. The zero-order valence-electron chi connectivity index (χ0n) is 24.8. The molecule has 1 saturated carbocycles. The lowest BCUT2D eigenvalue weighted by atomic mass is 9.94. The third kappa shape index (κ3) is 9.25. The maximum atomic E-state index is 14.1. The Balaban J connectivity index is 1.60. The molecule has 4 rings (SSSR count). The van der Waals surface area contributed by atoms with E-state index in [9.17, 15) is 9.59 Å². The van der Waals surface area contributed by atoms with Crippen molar-refractivity contribution in [3.8, 4) is 11.5 Å². The second-order valence-electron chi connectivity index (χ2n) is 10.8. The molecular weight excluding hydrogens is 548 g/mol. The van der Waals surface area contributed by atoms with Crippen molar-refractivity contribution >= 4 is 23.4 Å². The molecule has 0 saturated heterocycles. The van der Waals surface area contributed by atoms with Gasteiger partial charge in [0.15, 0.2) is 11.5 Å². The molecule has 224 valence electrons. The average molecular weight is 591 g/mol. The lowest BCUT2D eigenvalue weighted by Crippen LogP contribution is -2.52. The summed E-state index contributed by atoms with van der Waals surface area (Å²) in [5.74, 6) is 1.19. The van der Waals surface area contributed by atoms with E-state index in [1.807, 2.05) is 86.6 Å². The Morgan fingerprint density at radius 2 is 1.57 bits per heavy atom. The predicted octanol–water partition coefficient (Wildman–Crippen LogP) is 7.16. The summed E-state index contributed by atoms with van der Waals surface area (Å²) in [7, 11) is 0. The van der Waals surface area contributed by atoms with Crippen molar-refractivity contribution in [1.82, 2.24) is 10.2 Å². The molecule has 6 nitrogen and oxygen atoms in total. The molecule has 1 fully saturated rings. The molecule has 1 atom stereocenters. The van der Waals surface area contributed by atoms with E-state index in [4.69, 9.17) is 21.1 Å². The average Bonchev–Trinajstić information content (AvgIpc) is 3.00. The molecule has 3 aromatic rings. The second-order valence-corrected chi connectivity index (χ2v) is 11.3. The number of carbonyl (C=O) groups excluding carboxylic acids is 2. The van der Waals surface area contributed by atoms with Crippen molar-refractivity contribution in [3.05, 3.63) is 94.5 Å². The largest absolute Gasteiger partial charge is 0.490 e. The van der Waals surface area contributed by atoms with E-state index in [1.165, 1.54) is 6.42 Å². The Hall–Kier alpha value is -3.51. The molecule has 1 N–H and O–H groups in total. The van der Waals surface area contributed by atoms with Gasteiger partial charge in [0, 0.05) is 30.5 Å². The molecule has 1 aliphatic rings. The summed E-state index contributed by atoms with van der Waals surface area (Å²) >= 11 is 6.32. The fourth-order valence-electron chi connectivity index (χ4n) is 5.58. The van der Waals surface area contributed by atoms with Crippen molar-refractivity contribution < 1.29 is 19.1 Å². The zero-order chi connectivity index (χ0) is 29.7. The first-order valence-electron chi connectivity index (χ1n) is 15.2. The summed E-state index contributed by atoms with van der Waals surface area (Å²) in [5, 5.41) is 3.90. The van der Waals surface area contributed by atoms with Crippen LogP contribution in [0.15, 0.2) is 72.8 Å². The molecule has 0 radical (unpaired) electrons. The zero-order valence-corrected chi connectivity index (χ0v) is 25.6. The second kappa shape index (κ2) is 16.2. The molecule has 42 heavy (non-hydrogen) atoms. The van der Waals surface area contributed by atoms with Gasteiger partial charge in [-0.3, -0.25) is 9.59 Å². The Bertz CT molecular complexity index is 1290. The topological polar surface area (TPSA) is 67.9 Å². The molecule has 3 aromatic carbocycles. The van der Waals surface area contributed by atoms with Gasteiger partial charge in [-0.1, -0.05) is 79.4 Å². The molecule has 1 aliphatic carbocycles. The van der Waals surface area contributed by atoms with E-state index in [0.717, 1.165) is 42.4 Å². The molecule has 0 spiro atoms. The van der Waals surface area contributed by atoms with E-state index in [2.05, 4.69) is 5.32 Å². The third-order valence-corrected chi connectivity index (χ3v) is 7.94. The minimum atomic E-state index is -0.653. The van der Waals surface area contributed by atoms with Crippen LogP contribution in [-0.2, 0) is 29.0 Å². The fraction of sp³-hybridized carbons (Fsp3) is 0.429. The number of hydrogen-bond donors (Lipinski definition) is 1. The van der Waals surface area contributed by atoms with Gasteiger partial charge in [0.05, 0.1) is 13.2 Å².